The Morgan fingerprint density at radius 3 is 2.46 bits per heavy atom. The molecule has 0 spiro atoms. The van der Waals surface area contributed by atoms with Gasteiger partial charge in [-0.25, -0.2) is 4.98 Å². The Balaban J connectivity index is 1.68. The molecular weight excluding hydrogens is 456 g/mol. The van der Waals surface area contributed by atoms with Crippen LogP contribution < -0.4 is 4.74 Å². The Bertz CT molecular complexity index is 1550. The fraction of sp³-hybridized carbons (Fsp3) is 0.242. The van der Waals surface area contributed by atoms with E-state index in [4.69, 9.17) is 14.5 Å². The van der Waals surface area contributed by atoms with E-state index < -0.39 is 5.60 Å². The van der Waals surface area contributed by atoms with E-state index in [0.717, 1.165) is 29.4 Å². The van der Waals surface area contributed by atoms with E-state index in [1.54, 1.807) is 7.11 Å². The van der Waals surface area contributed by atoms with Crippen molar-refractivity contribution in [1.29, 1.82) is 0 Å². The van der Waals surface area contributed by atoms with Gasteiger partial charge in [0.1, 0.15) is 12.3 Å². The van der Waals surface area contributed by atoms with Gasteiger partial charge in [0.05, 0.1) is 12.6 Å². The molecule has 0 radical (unpaired) electrons. The molecule has 2 atom stereocenters. The monoisotopic (exact) mass is 488 g/mol. The zero-order valence-electron chi connectivity index (χ0n) is 21.6. The third-order valence-electron chi connectivity index (χ3n) is 7.72. The van der Waals surface area contributed by atoms with Crippen molar-refractivity contribution in [2.45, 2.75) is 24.9 Å². The van der Waals surface area contributed by atoms with Gasteiger partial charge in [-0.3, -0.25) is 4.90 Å². The van der Waals surface area contributed by atoms with E-state index in [-0.39, 0.29) is 5.92 Å². The number of ether oxygens (including phenoxy) is 2. The Morgan fingerprint density at radius 1 is 0.892 bits per heavy atom. The van der Waals surface area contributed by atoms with Gasteiger partial charge in [-0.2, -0.15) is 0 Å². The molecule has 37 heavy (non-hydrogen) atoms. The van der Waals surface area contributed by atoms with Gasteiger partial charge in [0.25, 0.3) is 0 Å². The maximum atomic E-state index is 7.02. The fourth-order valence-corrected chi connectivity index (χ4v) is 5.92. The topological polar surface area (TPSA) is 34.6 Å². The van der Waals surface area contributed by atoms with Gasteiger partial charge in [-0.15, -0.1) is 0 Å². The number of aryl methyl sites for hydroxylation is 1. The number of hydrogen-bond acceptors (Lipinski definition) is 4. The molecule has 0 bridgehead atoms. The Kier molecular flexibility index (Phi) is 6.15. The third kappa shape index (κ3) is 4.16. The SMILES string of the molecule is COc1nc2ccc(C)cc2cc1[C@@H](c1ccccc1)[C@]1(c2cccc3ccccc23)CCN(C)CO1. The van der Waals surface area contributed by atoms with Gasteiger partial charge in [0, 0.05) is 23.4 Å². The van der Waals surface area contributed by atoms with Crippen LogP contribution in [0.1, 0.15) is 34.6 Å². The van der Waals surface area contributed by atoms with Crippen molar-refractivity contribution in [3.63, 3.8) is 0 Å². The smallest absolute Gasteiger partial charge is 0.217 e. The van der Waals surface area contributed by atoms with Crippen LogP contribution in [0.5, 0.6) is 5.88 Å². The number of benzene rings is 4. The molecule has 4 aromatic carbocycles. The molecule has 6 rings (SSSR count). The minimum Gasteiger partial charge on any atom is -0.481 e. The van der Waals surface area contributed by atoms with E-state index in [0.29, 0.717) is 12.6 Å². The van der Waals surface area contributed by atoms with Crippen molar-refractivity contribution < 1.29 is 9.47 Å². The predicted molar refractivity (Wildman–Crippen MR) is 150 cm³/mol. The number of fused-ring (bicyclic) bond motifs is 2. The Labute approximate surface area is 218 Å². The summed E-state index contributed by atoms with van der Waals surface area (Å²) in [5, 5.41) is 3.55. The molecule has 1 aromatic heterocycles. The zero-order valence-corrected chi connectivity index (χ0v) is 21.6. The third-order valence-corrected chi connectivity index (χ3v) is 7.72. The molecule has 0 saturated carbocycles. The van der Waals surface area contributed by atoms with Crippen LogP contribution in [-0.2, 0) is 10.3 Å². The van der Waals surface area contributed by atoms with Crippen LogP contribution >= 0.6 is 0 Å². The lowest BCUT2D eigenvalue weighted by Gasteiger charge is -2.47. The average molecular weight is 489 g/mol. The van der Waals surface area contributed by atoms with Crippen molar-refractivity contribution >= 4 is 21.7 Å². The normalized spacial score (nSPS) is 19.2. The molecule has 0 amide bonds. The summed E-state index contributed by atoms with van der Waals surface area (Å²) in [6, 6.07) is 34.5. The number of hydrogen-bond donors (Lipinski definition) is 0. The molecule has 1 aliphatic heterocycles. The minimum atomic E-state index is -0.610. The first kappa shape index (κ1) is 23.7. The molecule has 0 N–H and O–H groups in total. The second-order valence-corrected chi connectivity index (χ2v) is 10.1. The average Bonchev–Trinajstić information content (AvgIpc) is 2.94. The van der Waals surface area contributed by atoms with Crippen LogP contribution in [0.4, 0.5) is 0 Å². The number of nitrogens with zero attached hydrogens (tertiary/aromatic N) is 2. The van der Waals surface area contributed by atoms with E-state index in [2.05, 4.69) is 116 Å². The standard InChI is InChI=1S/C33H32N2O2/c1-23-16-17-30-26(20-23)21-28(32(34-30)36-3)31(25-11-5-4-6-12-25)33(18-19-35(2)22-37-33)29-15-9-13-24-10-7-8-14-27(24)29/h4-17,20-21,31H,18-19,22H2,1-3H3/t31-,33-/m1/s1. The summed E-state index contributed by atoms with van der Waals surface area (Å²) in [4.78, 5) is 7.23. The van der Waals surface area contributed by atoms with Crippen molar-refractivity contribution in [3.8, 4) is 5.88 Å². The second-order valence-electron chi connectivity index (χ2n) is 10.1. The van der Waals surface area contributed by atoms with Crippen LogP contribution in [0.15, 0.2) is 97.1 Å². The molecule has 1 saturated heterocycles. The second kappa shape index (κ2) is 9.62. The van der Waals surface area contributed by atoms with Crippen molar-refractivity contribution in [2.75, 3.05) is 27.4 Å². The lowest BCUT2D eigenvalue weighted by Crippen LogP contribution is -2.47. The highest BCUT2D eigenvalue weighted by Gasteiger charge is 2.47. The quantitative estimate of drug-likeness (QED) is 0.266. The van der Waals surface area contributed by atoms with Crippen molar-refractivity contribution in [1.82, 2.24) is 9.88 Å². The van der Waals surface area contributed by atoms with Crippen LogP contribution in [0.2, 0.25) is 0 Å². The maximum Gasteiger partial charge on any atom is 0.217 e. The first-order valence-electron chi connectivity index (χ1n) is 12.9. The highest BCUT2D eigenvalue weighted by atomic mass is 16.5. The summed E-state index contributed by atoms with van der Waals surface area (Å²) in [7, 11) is 3.83. The zero-order chi connectivity index (χ0) is 25.4. The maximum absolute atomic E-state index is 7.02. The molecule has 1 aliphatic rings. The van der Waals surface area contributed by atoms with Gasteiger partial charge >= 0.3 is 0 Å². The predicted octanol–water partition coefficient (Wildman–Crippen LogP) is 7.04. The molecular formula is C33H32N2O2. The number of aromatic nitrogens is 1. The van der Waals surface area contributed by atoms with Crippen LogP contribution in [-0.4, -0.2) is 37.3 Å². The van der Waals surface area contributed by atoms with E-state index in [9.17, 15) is 0 Å². The lowest BCUT2D eigenvalue weighted by atomic mass is 9.70. The van der Waals surface area contributed by atoms with Crippen molar-refractivity contribution in [2.24, 2.45) is 0 Å². The van der Waals surface area contributed by atoms with Gasteiger partial charge in [-0.1, -0.05) is 84.4 Å². The van der Waals surface area contributed by atoms with E-state index in [1.807, 2.05) is 0 Å². The summed E-state index contributed by atoms with van der Waals surface area (Å²) >= 11 is 0. The van der Waals surface area contributed by atoms with Gasteiger partial charge < -0.3 is 9.47 Å². The first-order valence-corrected chi connectivity index (χ1v) is 12.9. The van der Waals surface area contributed by atoms with Crippen LogP contribution in [0, 0.1) is 6.92 Å². The van der Waals surface area contributed by atoms with Crippen LogP contribution in [0.3, 0.4) is 0 Å². The highest BCUT2D eigenvalue weighted by molar-refractivity contribution is 5.87. The molecule has 186 valence electrons. The van der Waals surface area contributed by atoms with Crippen LogP contribution in [0.25, 0.3) is 21.7 Å². The van der Waals surface area contributed by atoms with Crippen molar-refractivity contribution in [3.05, 3.63) is 119 Å². The molecule has 1 fully saturated rings. The summed E-state index contributed by atoms with van der Waals surface area (Å²) in [6.45, 7) is 3.60. The van der Waals surface area contributed by atoms with E-state index in [1.165, 1.54) is 27.5 Å². The fourth-order valence-electron chi connectivity index (χ4n) is 5.92. The molecule has 5 aromatic rings. The van der Waals surface area contributed by atoms with Gasteiger partial charge in [0.15, 0.2) is 0 Å². The van der Waals surface area contributed by atoms with Gasteiger partial charge in [0.2, 0.25) is 5.88 Å². The molecule has 0 aliphatic carbocycles. The Hall–Kier alpha value is -3.73. The summed E-state index contributed by atoms with van der Waals surface area (Å²) < 4.78 is 13.0. The first-order chi connectivity index (χ1) is 18.1. The summed E-state index contributed by atoms with van der Waals surface area (Å²) in [5.41, 5.74) is 4.97. The molecule has 4 nitrogen and oxygen atoms in total. The summed E-state index contributed by atoms with van der Waals surface area (Å²) in [6.07, 6.45) is 0.839. The summed E-state index contributed by atoms with van der Waals surface area (Å²) in [5.74, 6) is 0.521. The highest BCUT2D eigenvalue weighted by Crippen LogP contribution is 2.52. The van der Waals surface area contributed by atoms with E-state index >= 15 is 0 Å². The Morgan fingerprint density at radius 2 is 1.68 bits per heavy atom. The largest absolute Gasteiger partial charge is 0.481 e. The lowest BCUT2D eigenvalue weighted by molar-refractivity contribution is -0.145. The minimum absolute atomic E-state index is 0.124. The number of pyridine rings is 1. The number of rotatable bonds is 5. The van der Waals surface area contributed by atoms with Gasteiger partial charge in [-0.05, 0) is 60.5 Å². The molecule has 0 unspecified atom stereocenters. The molecule has 4 heteroatoms. The number of methoxy groups -OCH3 is 1. The molecule has 2 heterocycles.